The number of benzene rings is 2. The lowest BCUT2D eigenvalue weighted by Gasteiger charge is -2.13. The molecule has 0 N–H and O–H groups in total. The lowest BCUT2D eigenvalue weighted by atomic mass is 10.1. The van der Waals surface area contributed by atoms with Crippen LogP contribution >= 0.6 is 0 Å². The van der Waals surface area contributed by atoms with E-state index < -0.39 is 26.8 Å². The first-order chi connectivity index (χ1) is 10.2. The van der Waals surface area contributed by atoms with Gasteiger partial charge in [0, 0.05) is 0 Å². The van der Waals surface area contributed by atoms with Crippen LogP contribution in [0.5, 0.6) is 0 Å². The molecular formula is C15H10F3O3S-. The Kier molecular flexibility index (Phi) is 4.39. The van der Waals surface area contributed by atoms with E-state index in [1.165, 1.54) is 12.2 Å². The zero-order valence-corrected chi connectivity index (χ0v) is 11.9. The molecule has 3 nitrogen and oxygen atoms in total. The van der Waals surface area contributed by atoms with Crippen LogP contribution in [-0.2, 0) is 16.3 Å². The number of hydrogen-bond acceptors (Lipinski definition) is 3. The van der Waals surface area contributed by atoms with Gasteiger partial charge in [-0.2, -0.15) is 13.2 Å². The van der Waals surface area contributed by atoms with Gasteiger partial charge in [-0.15, -0.1) is 0 Å². The van der Waals surface area contributed by atoms with Gasteiger partial charge in [0.2, 0.25) is 0 Å². The Morgan fingerprint density at radius 2 is 1.59 bits per heavy atom. The maximum absolute atomic E-state index is 12.7. The van der Waals surface area contributed by atoms with E-state index in [0.717, 1.165) is 0 Å². The van der Waals surface area contributed by atoms with Gasteiger partial charge in [-0.1, -0.05) is 42.5 Å². The van der Waals surface area contributed by atoms with Crippen molar-refractivity contribution in [3.8, 4) is 0 Å². The third kappa shape index (κ3) is 3.96. The number of rotatable bonds is 3. The summed E-state index contributed by atoms with van der Waals surface area (Å²) >= 11 is 0. The van der Waals surface area contributed by atoms with Gasteiger partial charge in [0.25, 0.3) is 0 Å². The van der Waals surface area contributed by atoms with Gasteiger partial charge < -0.3 is 4.55 Å². The highest BCUT2D eigenvalue weighted by Crippen LogP contribution is 2.32. The van der Waals surface area contributed by atoms with Crippen molar-refractivity contribution in [2.24, 2.45) is 0 Å². The molecule has 116 valence electrons. The van der Waals surface area contributed by atoms with Crippen molar-refractivity contribution in [3.05, 3.63) is 65.2 Å². The summed E-state index contributed by atoms with van der Waals surface area (Å²) in [6, 6.07) is 10.5. The van der Waals surface area contributed by atoms with Gasteiger partial charge in [0.1, 0.15) is 10.1 Å². The van der Waals surface area contributed by atoms with E-state index in [4.69, 9.17) is 0 Å². The lowest BCUT2D eigenvalue weighted by Crippen LogP contribution is -2.08. The average Bonchev–Trinajstić information content (AvgIpc) is 2.44. The van der Waals surface area contributed by atoms with Gasteiger partial charge in [0.05, 0.1) is 10.5 Å². The summed E-state index contributed by atoms with van der Waals surface area (Å²) in [6.07, 6.45) is -2.01. The van der Waals surface area contributed by atoms with Crippen molar-refractivity contribution in [2.75, 3.05) is 0 Å². The van der Waals surface area contributed by atoms with Crippen LogP contribution in [0.2, 0.25) is 0 Å². The molecule has 0 atom stereocenters. The van der Waals surface area contributed by atoms with Gasteiger partial charge in [-0.05, 0) is 29.3 Å². The minimum atomic E-state index is -4.87. The van der Waals surface area contributed by atoms with Crippen molar-refractivity contribution in [1.82, 2.24) is 0 Å². The average molecular weight is 327 g/mol. The molecule has 0 bridgehead atoms. The second-order valence-corrected chi connectivity index (χ2v) is 5.80. The van der Waals surface area contributed by atoms with Crippen molar-refractivity contribution in [1.29, 1.82) is 0 Å². The molecule has 0 saturated heterocycles. The summed E-state index contributed by atoms with van der Waals surface area (Å²) < 4.78 is 71.6. The molecule has 0 aliphatic rings. The highest BCUT2D eigenvalue weighted by molar-refractivity contribution is 7.85. The predicted molar refractivity (Wildman–Crippen MR) is 74.8 cm³/mol. The van der Waals surface area contributed by atoms with Crippen molar-refractivity contribution in [3.63, 3.8) is 0 Å². The maximum Gasteiger partial charge on any atom is 0.416 e. The first-order valence-electron chi connectivity index (χ1n) is 6.08. The van der Waals surface area contributed by atoms with Crippen LogP contribution in [0, 0.1) is 0 Å². The highest BCUT2D eigenvalue weighted by Gasteiger charge is 2.31. The first kappa shape index (κ1) is 16.3. The number of halogens is 3. The van der Waals surface area contributed by atoms with E-state index in [1.807, 2.05) is 0 Å². The van der Waals surface area contributed by atoms with Crippen LogP contribution in [0.3, 0.4) is 0 Å². The Balaban J connectivity index is 2.53. The minimum Gasteiger partial charge on any atom is -0.744 e. The predicted octanol–water partition coefficient (Wildman–Crippen LogP) is 3.78. The lowest BCUT2D eigenvalue weighted by molar-refractivity contribution is -0.137. The molecule has 0 aromatic heterocycles. The standard InChI is InChI=1S/C15H11F3O3S/c16-15(17,18)13-8-9-14(22(19,20)21)12(10-13)7-6-11-4-2-1-3-5-11/h1-10H,(H,19,20,21)/p-1. The molecular weight excluding hydrogens is 317 g/mol. The molecule has 0 aliphatic carbocycles. The van der Waals surface area contributed by atoms with Crippen LogP contribution in [0.15, 0.2) is 53.4 Å². The van der Waals surface area contributed by atoms with E-state index >= 15 is 0 Å². The van der Waals surface area contributed by atoms with E-state index in [9.17, 15) is 26.1 Å². The molecule has 22 heavy (non-hydrogen) atoms. The molecule has 0 radical (unpaired) electrons. The molecule has 0 fully saturated rings. The second-order valence-electron chi connectivity index (χ2n) is 4.45. The molecule has 7 heteroatoms. The number of hydrogen-bond donors (Lipinski definition) is 0. The normalized spacial score (nSPS) is 12.7. The van der Waals surface area contributed by atoms with E-state index in [1.54, 1.807) is 30.3 Å². The van der Waals surface area contributed by atoms with Crippen molar-refractivity contribution < 1.29 is 26.1 Å². The first-order valence-corrected chi connectivity index (χ1v) is 7.49. The van der Waals surface area contributed by atoms with Gasteiger partial charge >= 0.3 is 6.18 Å². The summed E-state index contributed by atoms with van der Waals surface area (Å²) in [5.41, 5.74) is -0.657. The van der Waals surface area contributed by atoms with E-state index in [2.05, 4.69) is 0 Å². The van der Waals surface area contributed by atoms with E-state index in [0.29, 0.717) is 23.8 Å². The van der Waals surface area contributed by atoms with Gasteiger partial charge in [-0.25, -0.2) is 8.42 Å². The van der Waals surface area contributed by atoms with Crippen LogP contribution in [-0.4, -0.2) is 13.0 Å². The van der Waals surface area contributed by atoms with Gasteiger partial charge in [-0.3, -0.25) is 0 Å². The topological polar surface area (TPSA) is 57.2 Å². The second kappa shape index (κ2) is 5.94. The molecule has 2 aromatic carbocycles. The quantitative estimate of drug-likeness (QED) is 0.637. The monoisotopic (exact) mass is 327 g/mol. The summed E-state index contributed by atoms with van der Waals surface area (Å²) in [4.78, 5) is -0.687. The molecule has 0 unspecified atom stereocenters. The molecule has 2 rings (SSSR count). The zero-order valence-electron chi connectivity index (χ0n) is 11.0. The fourth-order valence-corrected chi connectivity index (χ4v) is 2.48. The Morgan fingerprint density at radius 1 is 0.955 bits per heavy atom. The van der Waals surface area contributed by atoms with Crippen molar-refractivity contribution in [2.45, 2.75) is 11.1 Å². The third-order valence-corrected chi connectivity index (χ3v) is 3.77. The molecule has 0 saturated carbocycles. The fraction of sp³-hybridized carbons (Fsp3) is 0.0667. The van der Waals surface area contributed by atoms with Crippen LogP contribution < -0.4 is 0 Å². The summed E-state index contributed by atoms with van der Waals surface area (Å²) in [7, 11) is -4.87. The maximum atomic E-state index is 12.7. The largest absolute Gasteiger partial charge is 0.744 e. The van der Waals surface area contributed by atoms with Crippen LogP contribution in [0.25, 0.3) is 12.2 Å². The smallest absolute Gasteiger partial charge is 0.416 e. The Hall–Kier alpha value is -2.12. The van der Waals surface area contributed by atoms with Crippen LogP contribution in [0.4, 0.5) is 13.2 Å². The Bertz CT molecular complexity index is 795. The van der Waals surface area contributed by atoms with Gasteiger partial charge in [0.15, 0.2) is 0 Å². The molecule has 0 aliphatic heterocycles. The number of alkyl halides is 3. The molecule has 0 spiro atoms. The van der Waals surface area contributed by atoms with E-state index in [-0.39, 0.29) is 5.56 Å². The highest BCUT2D eigenvalue weighted by atomic mass is 32.2. The molecule has 0 heterocycles. The SMILES string of the molecule is O=S(=O)([O-])c1ccc(C(F)(F)F)cc1C=Cc1ccccc1. The Morgan fingerprint density at radius 3 is 2.14 bits per heavy atom. The summed E-state index contributed by atoms with van der Waals surface area (Å²) in [5.74, 6) is 0. The zero-order chi connectivity index (χ0) is 16.4. The molecule has 2 aromatic rings. The van der Waals surface area contributed by atoms with Crippen molar-refractivity contribution >= 4 is 22.3 Å². The third-order valence-electron chi connectivity index (χ3n) is 2.86. The summed E-state index contributed by atoms with van der Waals surface area (Å²) in [6.45, 7) is 0. The Labute approximate surface area is 125 Å². The fourth-order valence-electron chi connectivity index (χ4n) is 1.83. The molecule has 0 amide bonds. The van der Waals surface area contributed by atoms with Crippen LogP contribution in [0.1, 0.15) is 16.7 Å². The summed E-state index contributed by atoms with van der Waals surface area (Å²) in [5, 5.41) is 0. The minimum absolute atomic E-state index is 0.298.